The summed E-state index contributed by atoms with van der Waals surface area (Å²) in [7, 11) is 4.91. The van der Waals surface area contributed by atoms with Crippen molar-refractivity contribution in [3.05, 3.63) is 0 Å². The molecule has 0 amide bonds. The van der Waals surface area contributed by atoms with Crippen molar-refractivity contribution in [2.75, 3.05) is 37.0 Å². The van der Waals surface area contributed by atoms with Crippen molar-refractivity contribution in [1.82, 2.24) is 0 Å². The summed E-state index contributed by atoms with van der Waals surface area (Å²) in [6.07, 6.45) is 8.74. The second-order valence-corrected chi connectivity index (χ2v) is 10.9. The molecule has 4 heteroatoms. The molecular formula is C12H33ClP2Pt+2. The Morgan fingerprint density at radius 1 is 0.562 bits per heavy atom. The van der Waals surface area contributed by atoms with Crippen molar-refractivity contribution in [2.45, 2.75) is 41.5 Å². The van der Waals surface area contributed by atoms with Crippen LogP contribution in [-0.4, -0.2) is 37.0 Å². The third-order valence-electron chi connectivity index (χ3n) is 3.00. The van der Waals surface area contributed by atoms with Crippen molar-refractivity contribution in [2.24, 2.45) is 0 Å². The van der Waals surface area contributed by atoms with Gasteiger partial charge in [-0.3, -0.25) is 0 Å². The van der Waals surface area contributed by atoms with Crippen molar-refractivity contribution < 1.29 is 18.8 Å². The molecule has 0 N–H and O–H groups in total. The molecule has 0 unspecified atom stereocenters. The molecule has 106 valence electrons. The van der Waals surface area contributed by atoms with E-state index >= 15 is 0 Å². The molecule has 0 atom stereocenters. The Hall–Kier alpha value is 1.84. The van der Waals surface area contributed by atoms with E-state index in [9.17, 15) is 0 Å². The van der Waals surface area contributed by atoms with E-state index in [0.29, 0.717) is 0 Å². The van der Waals surface area contributed by atoms with Crippen LogP contribution >= 0.6 is 25.3 Å². The van der Waals surface area contributed by atoms with E-state index in [4.69, 9.17) is 0 Å². The summed E-state index contributed by atoms with van der Waals surface area (Å²) in [5.41, 5.74) is 0. The molecule has 0 rings (SSSR count). The first-order valence-corrected chi connectivity index (χ1v) is 13.7. The van der Waals surface area contributed by atoms with Crippen LogP contribution in [0.5, 0.6) is 0 Å². The molecular weight excluding hydrogens is 437 g/mol. The third kappa shape index (κ3) is 18.2. The molecule has 0 aliphatic rings. The van der Waals surface area contributed by atoms with Gasteiger partial charge in [0.05, 0.1) is 37.0 Å². The molecule has 0 bridgehead atoms. The fourth-order valence-corrected chi connectivity index (χ4v) is 4.50. The fourth-order valence-electron chi connectivity index (χ4n) is 1.50. The Bertz CT molecular complexity index is 74.0. The monoisotopic (exact) mass is 469 g/mol. The van der Waals surface area contributed by atoms with Crippen LogP contribution in [0.15, 0.2) is 0 Å². The quantitative estimate of drug-likeness (QED) is 0.483. The van der Waals surface area contributed by atoms with Gasteiger partial charge in [0.15, 0.2) is 0 Å². The zero-order valence-electron chi connectivity index (χ0n) is 12.0. The molecule has 0 aliphatic heterocycles. The van der Waals surface area contributed by atoms with Gasteiger partial charge in [-0.15, -0.1) is 0 Å². The standard InChI is InChI=1S/2C6H15P.ClH.Pt.H/c2*1-4-7(5-2)6-3;;;/h2*4-6H2,1-3H3;1H;;/q;;;+1;/p+1. The second kappa shape index (κ2) is 22.1. The normalized spacial score (nSPS) is 9.44. The van der Waals surface area contributed by atoms with Crippen LogP contribution in [0.25, 0.3) is 0 Å². The first-order chi connectivity index (χ1) is 7.69. The summed E-state index contributed by atoms with van der Waals surface area (Å²) in [5, 5.41) is 0. The van der Waals surface area contributed by atoms with Gasteiger partial charge in [-0.1, -0.05) is 0 Å². The number of hydrogen-bond acceptors (Lipinski definition) is 0. The van der Waals surface area contributed by atoms with Crippen molar-refractivity contribution >= 4 is 25.3 Å². The zero-order chi connectivity index (χ0) is 13.4. The number of hydrogen-bond donors (Lipinski definition) is 0. The fraction of sp³-hybridized carbons (Fsp3) is 1.00. The molecule has 0 aromatic heterocycles. The molecule has 0 saturated carbocycles. The molecule has 16 heavy (non-hydrogen) atoms. The average molecular weight is 470 g/mol. The molecule has 0 spiro atoms. The molecule has 0 aromatic rings. The Labute approximate surface area is 122 Å². The first kappa shape index (κ1) is 23.0. The van der Waals surface area contributed by atoms with Gasteiger partial charge in [-0.2, -0.15) is 0 Å². The predicted molar refractivity (Wildman–Crippen MR) is 87.1 cm³/mol. The average Bonchev–Trinajstić information content (AvgIpc) is 2.37. The number of rotatable bonds is 6. The van der Waals surface area contributed by atoms with Crippen LogP contribution in [0, 0.1) is 0 Å². The van der Waals surface area contributed by atoms with E-state index in [0.717, 1.165) is 0 Å². The van der Waals surface area contributed by atoms with Crippen LogP contribution in [-0.2, 0) is 18.8 Å². The maximum atomic E-state index is 4.64. The van der Waals surface area contributed by atoms with E-state index in [2.05, 4.69) is 51.0 Å². The van der Waals surface area contributed by atoms with E-state index in [1.165, 1.54) is 55.7 Å². The van der Waals surface area contributed by atoms with Gasteiger partial charge in [0.25, 0.3) is 0 Å². The topological polar surface area (TPSA) is 0 Å². The minimum atomic E-state index is 0.137. The summed E-state index contributed by atoms with van der Waals surface area (Å²) >= 11 is 1.47. The van der Waals surface area contributed by atoms with Gasteiger partial charge < -0.3 is 0 Å². The zero-order valence-corrected chi connectivity index (χ0v) is 17.1. The van der Waals surface area contributed by atoms with Crippen LogP contribution in [0.2, 0.25) is 0 Å². The molecule has 0 radical (unpaired) electrons. The van der Waals surface area contributed by atoms with Crippen LogP contribution in [0.4, 0.5) is 0 Å². The van der Waals surface area contributed by atoms with E-state index in [1.807, 2.05) is 0 Å². The molecule has 0 aliphatic carbocycles. The van der Waals surface area contributed by atoms with Crippen molar-refractivity contribution in [1.29, 1.82) is 0 Å². The molecule has 0 heterocycles. The van der Waals surface area contributed by atoms with Crippen molar-refractivity contribution in [3.63, 3.8) is 0 Å². The van der Waals surface area contributed by atoms with Crippen LogP contribution < -0.4 is 0 Å². The minimum absolute atomic E-state index is 0.137. The predicted octanol–water partition coefficient (Wildman–Crippen LogP) is 4.94. The summed E-state index contributed by atoms with van der Waals surface area (Å²) in [6.45, 7) is 13.8. The van der Waals surface area contributed by atoms with Crippen molar-refractivity contribution in [3.8, 4) is 0 Å². The Balaban J connectivity index is -0.000000183. The number of halogens is 1. The molecule has 0 fully saturated rings. The summed E-state index contributed by atoms with van der Waals surface area (Å²) in [4.78, 5) is 0. The molecule has 0 nitrogen and oxygen atoms in total. The maximum absolute atomic E-state index is 4.64. The summed E-state index contributed by atoms with van der Waals surface area (Å²) in [5.74, 6) is 0. The molecule has 0 saturated heterocycles. The van der Waals surface area contributed by atoms with Crippen LogP contribution in [0.3, 0.4) is 0 Å². The first-order valence-electron chi connectivity index (χ1n) is 6.49. The van der Waals surface area contributed by atoms with E-state index in [-0.39, 0.29) is 15.8 Å². The van der Waals surface area contributed by atoms with Gasteiger partial charge in [-0.25, -0.2) is 0 Å². The Kier molecular flexibility index (Phi) is 31.7. The Morgan fingerprint density at radius 3 is 0.688 bits per heavy atom. The summed E-state index contributed by atoms with van der Waals surface area (Å²) in [6, 6.07) is 0. The van der Waals surface area contributed by atoms with Crippen LogP contribution in [0.1, 0.15) is 41.5 Å². The van der Waals surface area contributed by atoms with Gasteiger partial charge >= 0.3 is 28.2 Å². The SMILES string of the molecule is CC[PH+](CC)CC.CC[PH+](CC)CC.[Cl][PtH]. The van der Waals surface area contributed by atoms with Gasteiger partial charge in [0.1, 0.15) is 0 Å². The van der Waals surface area contributed by atoms with Gasteiger partial charge in [0, 0.05) is 0 Å². The third-order valence-corrected chi connectivity index (χ3v) is 9.00. The van der Waals surface area contributed by atoms with E-state index < -0.39 is 0 Å². The molecule has 0 aromatic carbocycles. The second-order valence-electron chi connectivity index (χ2n) is 3.62. The van der Waals surface area contributed by atoms with E-state index in [1.54, 1.807) is 0 Å². The Morgan fingerprint density at radius 2 is 0.688 bits per heavy atom. The van der Waals surface area contributed by atoms with Gasteiger partial charge in [0.2, 0.25) is 0 Å². The van der Waals surface area contributed by atoms with Gasteiger partial charge in [-0.05, 0) is 57.4 Å². The summed E-state index contributed by atoms with van der Waals surface area (Å²) < 4.78 is 0.